The van der Waals surface area contributed by atoms with Gasteiger partial charge < -0.3 is 19.7 Å². The number of amides is 1. The minimum atomic E-state index is -0.346. The molecule has 0 fully saturated rings. The Hall–Kier alpha value is -3.42. The third-order valence-corrected chi connectivity index (χ3v) is 4.24. The first kappa shape index (κ1) is 21.9. The lowest BCUT2D eigenvalue weighted by atomic mass is 10.0. The number of carbonyl (C=O) groups excluding carboxylic acids is 1. The van der Waals surface area contributed by atoms with Gasteiger partial charge in [-0.1, -0.05) is 34.6 Å². The molecule has 0 saturated heterocycles. The maximum Gasteiger partial charge on any atom is 0.273 e. The summed E-state index contributed by atoms with van der Waals surface area (Å²) >= 11 is 0. The molecule has 1 aromatic heterocycles. The Morgan fingerprint density at radius 1 is 1.10 bits per heavy atom. The van der Waals surface area contributed by atoms with Gasteiger partial charge >= 0.3 is 0 Å². The molecule has 0 atom stereocenters. The lowest BCUT2D eigenvalue weighted by molar-refractivity contribution is -0.114. The lowest BCUT2D eigenvalue weighted by Gasteiger charge is -2.14. The van der Waals surface area contributed by atoms with Crippen LogP contribution in [0.3, 0.4) is 0 Å². The SMILES string of the molecule is CNC(=O)/C(=N/OC)c1ccccc1COc1nc(C)c(/C(C)=N\OC)cc1C. The van der Waals surface area contributed by atoms with E-state index < -0.39 is 0 Å². The highest BCUT2D eigenvalue weighted by atomic mass is 16.6. The van der Waals surface area contributed by atoms with Crippen LogP contribution in [-0.4, -0.2) is 43.6 Å². The molecule has 0 spiro atoms. The number of rotatable bonds is 8. The zero-order valence-corrected chi connectivity index (χ0v) is 17.6. The number of benzene rings is 1. The molecule has 1 aromatic carbocycles. The number of hydrogen-bond donors (Lipinski definition) is 1. The van der Waals surface area contributed by atoms with E-state index in [-0.39, 0.29) is 18.2 Å². The summed E-state index contributed by atoms with van der Waals surface area (Å²) in [6.45, 7) is 5.88. The Bertz CT molecular complexity index is 938. The van der Waals surface area contributed by atoms with Gasteiger partial charge in [-0.2, -0.15) is 0 Å². The van der Waals surface area contributed by atoms with Crippen molar-refractivity contribution in [2.45, 2.75) is 27.4 Å². The molecule has 8 nitrogen and oxygen atoms in total. The quantitative estimate of drug-likeness (QED) is 0.545. The van der Waals surface area contributed by atoms with Crippen LogP contribution in [0.15, 0.2) is 40.6 Å². The lowest BCUT2D eigenvalue weighted by Crippen LogP contribution is -2.29. The third-order valence-electron chi connectivity index (χ3n) is 4.24. The molecule has 0 radical (unpaired) electrons. The second kappa shape index (κ2) is 10.2. The van der Waals surface area contributed by atoms with Crippen molar-refractivity contribution in [2.24, 2.45) is 10.3 Å². The van der Waals surface area contributed by atoms with Crippen LogP contribution in [0.25, 0.3) is 0 Å². The summed E-state index contributed by atoms with van der Waals surface area (Å²) in [6.07, 6.45) is 0. The monoisotopic (exact) mass is 398 g/mol. The van der Waals surface area contributed by atoms with Crippen molar-refractivity contribution in [3.63, 3.8) is 0 Å². The number of likely N-dealkylation sites (N-methyl/N-ethyl adjacent to an activating group) is 1. The van der Waals surface area contributed by atoms with E-state index >= 15 is 0 Å². The van der Waals surface area contributed by atoms with Crippen LogP contribution in [0.1, 0.15) is 34.9 Å². The van der Waals surface area contributed by atoms with E-state index in [1.165, 1.54) is 14.2 Å². The van der Waals surface area contributed by atoms with Crippen molar-refractivity contribution in [3.8, 4) is 5.88 Å². The zero-order chi connectivity index (χ0) is 21.4. The highest BCUT2D eigenvalue weighted by Gasteiger charge is 2.18. The third kappa shape index (κ3) is 5.31. The molecule has 8 heteroatoms. The first-order valence-corrected chi connectivity index (χ1v) is 9.03. The van der Waals surface area contributed by atoms with E-state index in [9.17, 15) is 4.79 Å². The molecule has 0 aliphatic carbocycles. The number of nitrogens with zero attached hydrogens (tertiary/aromatic N) is 3. The molecule has 1 N–H and O–H groups in total. The maximum absolute atomic E-state index is 12.2. The Morgan fingerprint density at radius 3 is 2.45 bits per heavy atom. The van der Waals surface area contributed by atoms with Crippen molar-refractivity contribution in [1.29, 1.82) is 0 Å². The van der Waals surface area contributed by atoms with Gasteiger partial charge in [-0.3, -0.25) is 4.79 Å². The Labute approximate surface area is 170 Å². The van der Waals surface area contributed by atoms with Gasteiger partial charge in [0.25, 0.3) is 5.91 Å². The molecule has 0 saturated carbocycles. The maximum atomic E-state index is 12.2. The van der Waals surface area contributed by atoms with Gasteiger partial charge in [0.15, 0.2) is 5.71 Å². The standard InChI is InChI=1S/C21H26N4O4/c1-13-11-18(15(3)24-27-5)14(2)23-21(13)29-12-16-9-7-8-10-17(16)19(25-28-6)20(26)22-4/h7-11H,12H2,1-6H3,(H,22,26)/b24-15-,25-19+. The van der Waals surface area contributed by atoms with Crippen LogP contribution in [-0.2, 0) is 21.1 Å². The Morgan fingerprint density at radius 2 is 1.79 bits per heavy atom. The highest BCUT2D eigenvalue weighted by Crippen LogP contribution is 2.22. The zero-order valence-electron chi connectivity index (χ0n) is 17.6. The molecular weight excluding hydrogens is 372 g/mol. The van der Waals surface area contributed by atoms with Crippen LogP contribution < -0.4 is 10.1 Å². The van der Waals surface area contributed by atoms with E-state index in [1.54, 1.807) is 13.1 Å². The number of aromatic nitrogens is 1. The van der Waals surface area contributed by atoms with E-state index in [1.807, 2.05) is 45.0 Å². The summed E-state index contributed by atoms with van der Waals surface area (Å²) in [5, 5.41) is 10.4. The summed E-state index contributed by atoms with van der Waals surface area (Å²) in [5.41, 5.74) is 4.87. The minimum Gasteiger partial charge on any atom is -0.473 e. The van der Waals surface area contributed by atoms with E-state index in [0.717, 1.165) is 28.1 Å². The van der Waals surface area contributed by atoms with Crippen LogP contribution >= 0.6 is 0 Å². The van der Waals surface area contributed by atoms with Crippen molar-refractivity contribution in [1.82, 2.24) is 10.3 Å². The van der Waals surface area contributed by atoms with Gasteiger partial charge in [0.2, 0.25) is 5.88 Å². The molecule has 0 aliphatic rings. The number of pyridine rings is 1. The smallest absolute Gasteiger partial charge is 0.273 e. The fourth-order valence-corrected chi connectivity index (χ4v) is 2.83. The Balaban J connectivity index is 2.32. The van der Waals surface area contributed by atoms with Crippen LogP contribution in [0.4, 0.5) is 0 Å². The van der Waals surface area contributed by atoms with Gasteiger partial charge in [-0.15, -0.1) is 0 Å². The molecule has 1 amide bonds. The molecule has 1 heterocycles. The van der Waals surface area contributed by atoms with Gasteiger partial charge in [0.1, 0.15) is 20.8 Å². The molecule has 0 bridgehead atoms. The van der Waals surface area contributed by atoms with Gasteiger partial charge in [0.05, 0.1) is 11.4 Å². The van der Waals surface area contributed by atoms with Crippen molar-refractivity contribution in [3.05, 3.63) is 58.3 Å². The first-order chi connectivity index (χ1) is 13.9. The summed E-state index contributed by atoms with van der Waals surface area (Å²) in [6, 6.07) is 9.33. The van der Waals surface area contributed by atoms with Crippen LogP contribution in [0.5, 0.6) is 5.88 Å². The normalized spacial score (nSPS) is 11.8. The topological polar surface area (TPSA) is 94.4 Å². The predicted molar refractivity (Wildman–Crippen MR) is 111 cm³/mol. The van der Waals surface area contributed by atoms with E-state index in [4.69, 9.17) is 14.4 Å². The molecule has 2 rings (SSSR count). The number of nitrogens with one attached hydrogen (secondary N) is 1. The number of carbonyl (C=O) groups is 1. The second-order valence-corrected chi connectivity index (χ2v) is 6.25. The van der Waals surface area contributed by atoms with Crippen molar-refractivity contribution in [2.75, 3.05) is 21.3 Å². The van der Waals surface area contributed by atoms with Crippen molar-refractivity contribution < 1.29 is 19.2 Å². The summed E-state index contributed by atoms with van der Waals surface area (Å²) < 4.78 is 5.97. The minimum absolute atomic E-state index is 0.178. The van der Waals surface area contributed by atoms with Gasteiger partial charge in [-0.05, 0) is 32.4 Å². The van der Waals surface area contributed by atoms with Gasteiger partial charge in [-0.25, -0.2) is 4.98 Å². The summed E-state index contributed by atoms with van der Waals surface area (Å²) in [4.78, 5) is 26.4. The largest absolute Gasteiger partial charge is 0.473 e. The first-order valence-electron chi connectivity index (χ1n) is 9.03. The highest BCUT2D eigenvalue weighted by molar-refractivity contribution is 6.45. The number of aryl methyl sites for hydroxylation is 2. The molecule has 154 valence electrons. The fourth-order valence-electron chi connectivity index (χ4n) is 2.83. The summed E-state index contributed by atoms with van der Waals surface area (Å²) in [5.74, 6) is 0.165. The second-order valence-electron chi connectivity index (χ2n) is 6.25. The van der Waals surface area contributed by atoms with E-state index in [2.05, 4.69) is 20.6 Å². The van der Waals surface area contributed by atoms with E-state index in [0.29, 0.717) is 11.4 Å². The predicted octanol–water partition coefficient (Wildman–Crippen LogP) is 2.74. The Kier molecular flexibility index (Phi) is 7.70. The number of ether oxygens (including phenoxy) is 1. The van der Waals surface area contributed by atoms with Crippen LogP contribution in [0, 0.1) is 13.8 Å². The molecule has 2 aromatic rings. The molecule has 0 aliphatic heterocycles. The number of hydrogen-bond acceptors (Lipinski definition) is 7. The van der Waals surface area contributed by atoms with Crippen LogP contribution in [0.2, 0.25) is 0 Å². The molecule has 29 heavy (non-hydrogen) atoms. The molecule has 0 unspecified atom stereocenters. The summed E-state index contributed by atoms with van der Waals surface area (Å²) in [7, 11) is 4.45. The molecular formula is C21H26N4O4. The number of oxime groups is 2. The van der Waals surface area contributed by atoms with Crippen molar-refractivity contribution >= 4 is 17.3 Å². The van der Waals surface area contributed by atoms with Gasteiger partial charge in [0, 0.05) is 23.7 Å². The average Bonchev–Trinajstić information content (AvgIpc) is 2.72. The fraction of sp³-hybridized carbons (Fsp3) is 0.333. The average molecular weight is 398 g/mol.